The molecule has 5 nitrogen and oxygen atoms in total. The summed E-state index contributed by atoms with van der Waals surface area (Å²) >= 11 is 0. The first-order valence-corrected chi connectivity index (χ1v) is 14.5. The summed E-state index contributed by atoms with van der Waals surface area (Å²) in [4.78, 5) is 0. The first-order chi connectivity index (χ1) is 16.2. The third-order valence-electron chi connectivity index (χ3n) is 11.4. The van der Waals surface area contributed by atoms with Crippen molar-refractivity contribution in [2.45, 2.75) is 166 Å². The van der Waals surface area contributed by atoms with Crippen molar-refractivity contribution < 1.29 is 23.7 Å². The lowest BCUT2D eigenvalue weighted by Crippen LogP contribution is -2.43. The molecule has 4 heterocycles. The van der Waals surface area contributed by atoms with Crippen LogP contribution in [0.4, 0.5) is 0 Å². The molecule has 6 fully saturated rings. The summed E-state index contributed by atoms with van der Waals surface area (Å²) in [6.07, 6.45) is 12.1. The molecule has 0 N–H and O–H groups in total. The smallest absolute Gasteiger partial charge is 0.110 e. The standard InChI is InChI=1S/C30H50O5/c1-25(2)21(32-25)10-12-27(5)16-20(27)17-30(8)24(35-30)18-31-28(6,14-11-22-26(3,4)33-22)19-9-13-29(7)23(15-19)34-29/h19-24H,9-18H2,1-8H3. The first kappa shape index (κ1) is 25.1. The van der Waals surface area contributed by atoms with Crippen LogP contribution in [0.25, 0.3) is 0 Å². The summed E-state index contributed by atoms with van der Waals surface area (Å²) in [6.45, 7) is 19.0. The molecule has 6 aliphatic rings. The molecule has 200 valence electrons. The number of fused-ring (bicyclic) bond motifs is 1. The van der Waals surface area contributed by atoms with Crippen LogP contribution in [0.15, 0.2) is 0 Å². The number of ether oxygens (including phenoxy) is 5. The molecule has 0 amide bonds. The molecular formula is C30H50O5. The van der Waals surface area contributed by atoms with Gasteiger partial charge in [0.2, 0.25) is 0 Å². The summed E-state index contributed by atoms with van der Waals surface area (Å²) in [6, 6.07) is 0. The fourth-order valence-corrected chi connectivity index (χ4v) is 7.52. The second kappa shape index (κ2) is 7.68. The zero-order valence-electron chi connectivity index (χ0n) is 23.6. The highest BCUT2D eigenvalue weighted by molar-refractivity contribution is 5.11. The van der Waals surface area contributed by atoms with Crippen molar-refractivity contribution in [3.05, 3.63) is 0 Å². The lowest BCUT2D eigenvalue weighted by Gasteiger charge is -2.40. The van der Waals surface area contributed by atoms with Crippen LogP contribution in [-0.4, -0.2) is 59.0 Å². The zero-order chi connectivity index (χ0) is 25.1. The molecule has 0 radical (unpaired) electrons. The van der Waals surface area contributed by atoms with Gasteiger partial charge in [-0.1, -0.05) is 6.92 Å². The maximum atomic E-state index is 6.85. The predicted octanol–water partition coefficient (Wildman–Crippen LogP) is 6.21. The molecule has 2 aliphatic carbocycles. The minimum absolute atomic E-state index is 0.00890. The monoisotopic (exact) mass is 490 g/mol. The van der Waals surface area contributed by atoms with E-state index in [0.29, 0.717) is 29.6 Å². The minimum atomic E-state index is -0.132. The SMILES string of the molecule is CC1(CCC2OC2(C)C)CC1CC1(C)OC1COC(C)(CCC1OC1(C)C)C1CCC2(C)OC2C1. The highest BCUT2D eigenvalue weighted by Gasteiger charge is 2.62. The van der Waals surface area contributed by atoms with Gasteiger partial charge >= 0.3 is 0 Å². The van der Waals surface area contributed by atoms with Gasteiger partial charge in [-0.2, -0.15) is 0 Å². The van der Waals surface area contributed by atoms with E-state index < -0.39 is 0 Å². The van der Waals surface area contributed by atoms with Crippen molar-refractivity contribution >= 4 is 0 Å². The fourth-order valence-electron chi connectivity index (χ4n) is 7.52. The molecule has 0 aromatic rings. The van der Waals surface area contributed by atoms with Gasteiger partial charge in [0, 0.05) is 0 Å². The Morgan fingerprint density at radius 2 is 1.51 bits per heavy atom. The summed E-state index contributed by atoms with van der Waals surface area (Å²) in [5.41, 5.74) is 0.647. The van der Waals surface area contributed by atoms with Crippen LogP contribution < -0.4 is 0 Å². The van der Waals surface area contributed by atoms with Gasteiger partial charge in [0.1, 0.15) is 6.10 Å². The number of rotatable bonds is 12. The van der Waals surface area contributed by atoms with Crippen molar-refractivity contribution in [3.8, 4) is 0 Å². The zero-order valence-corrected chi connectivity index (χ0v) is 23.6. The predicted molar refractivity (Wildman–Crippen MR) is 135 cm³/mol. The molecule has 10 unspecified atom stereocenters. The van der Waals surface area contributed by atoms with Gasteiger partial charge < -0.3 is 23.7 Å². The van der Waals surface area contributed by atoms with Crippen LogP contribution in [0.5, 0.6) is 0 Å². The summed E-state index contributed by atoms with van der Waals surface area (Å²) in [5.74, 6) is 1.33. The number of epoxide rings is 4. The summed E-state index contributed by atoms with van der Waals surface area (Å²) < 4.78 is 30.9. The van der Waals surface area contributed by atoms with E-state index in [9.17, 15) is 0 Å². The molecule has 4 saturated heterocycles. The highest BCUT2D eigenvalue weighted by atomic mass is 16.6. The van der Waals surface area contributed by atoms with Crippen LogP contribution >= 0.6 is 0 Å². The Bertz CT molecular complexity index is 856. The van der Waals surface area contributed by atoms with Gasteiger partial charge in [0.25, 0.3) is 0 Å². The Balaban J connectivity index is 1.00. The van der Waals surface area contributed by atoms with E-state index in [2.05, 4.69) is 55.4 Å². The topological polar surface area (TPSA) is 59.4 Å². The van der Waals surface area contributed by atoms with E-state index in [-0.39, 0.29) is 34.1 Å². The van der Waals surface area contributed by atoms with Gasteiger partial charge in [-0.15, -0.1) is 0 Å². The molecule has 2 saturated carbocycles. The second-order valence-corrected chi connectivity index (χ2v) is 15.2. The number of hydrogen-bond acceptors (Lipinski definition) is 5. The Morgan fingerprint density at radius 3 is 2.14 bits per heavy atom. The molecule has 0 spiro atoms. The molecule has 0 bridgehead atoms. The number of hydrogen-bond donors (Lipinski definition) is 0. The van der Waals surface area contributed by atoms with E-state index in [1.165, 1.54) is 32.1 Å². The molecule has 0 aromatic heterocycles. The van der Waals surface area contributed by atoms with Gasteiger partial charge in [-0.25, -0.2) is 0 Å². The maximum Gasteiger partial charge on any atom is 0.110 e. The van der Waals surface area contributed by atoms with Crippen molar-refractivity contribution in [1.29, 1.82) is 0 Å². The quantitative estimate of drug-likeness (QED) is 0.305. The molecule has 10 atom stereocenters. The first-order valence-electron chi connectivity index (χ1n) is 14.5. The summed E-state index contributed by atoms with van der Waals surface area (Å²) in [5, 5.41) is 0. The Hall–Kier alpha value is -0.200. The average molecular weight is 491 g/mol. The van der Waals surface area contributed by atoms with Crippen LogP contribution in [0.2, 0.25) is 0 Å². The third-order valence-corrected chi connectivity index (χ3v) is 11.4. The highest BCUT2D eigenvalue weighted by Crippen LogP contribution is 2.62. The van der Waals surface area contributed by atoms with Gasteiger partial charge in [-0.3, -0.25) is 0 Å². The van der Waals surface area contributed by atoms with Crippen LogP contribution in [-0.2, 0) is 23.7 Å². The Morgan fingerprint density at radius 1 is 0.857 bits per heavy atom. The molecule has 35 heavy (non-hydrogen) atoms. The van der Waals surface area contributed by atoms with Crippen LogP contribution in [0.1, 0.15) is 113 Å². The van der Waals surface area contributed by atoms with E-state index >= 15 is 0 Å². The van der Waals surface area contributed by atoms with Crippen molar-refractivity contribution in [1.82, 2.24) is 0 Å². The molecule has 0 aromatic carbocycles. The van der Waals surface area contributed by atoms with Crippen molar-refractivity contribution in [3.63, 3.8) is 0 Å². The van der Waals surface area contributed by atoms with Crippen molar-refractivity contribution in [2.24, 2.45) is 17.3 Å². The largest absolute Gasteiger partial charge is 0.372 e. The van der Waals surface area contributed by atoms with Gasteiger partial charge in [0.15, 0.2) is 0 Å². The molecule has 6 rings (SSSR count). The van der Waals surface area contributed by atoms with Crippen molar-refractivity contribution in [2.75, 3.05) is 6.61 Å². The van der Waals surface area contributed by atoms with Crippen LogP contribution in [0, 0.1) is 17.3 Å². The Labute approximate surface area is 213 Å². The fraction of sp³-hybridized carbons (Fsp3) is 1.00. The van der Waals surface area contributed by atoms with E-state index in [4.69, 9.17) is 23.7 Å². The van der Waals surface area contributed by atoms with E-state index in [1.807, 2.05) is 0 Å². The van der Waals surface area contributed by atoms with E-state index in [1.54, 1.807) is 0 Å². The normalized spacial score (nSPS) is 51.8. The van der Waals surface area contributed by atoms with E-state index in [0.717, 1.165) is 38.2 Å². The lowest BCUT2D eigenvalue weighted by atomic mass is 9.72. The third kappa shape index (κ3) is 4.87. The summed E-state index contributed by atoms with van der Waals surface area (Å²) in [7, 11) is 0. The molecule has 5 heteroatoms. The Kier molecular flexibility index (Phi) is 5.51. The maximum absolute atomic E-state index is 6.85. The molecular weight excluding hydrogens is 440 g/mol. The second-order valence-electron chi connectivity index (χ2n) is 15.2. The lowest BCUT2D eigenvalue weighted by molar-refractivity contribution is -0.0942. The van der Waals surface area contributed by atoms with Gasteiger partial charge in [-0.05, 0) is 124 Å². The van der Waals surface area contributed by atoms with Crippen LogP contribution in [0.3, 0.4) is 0 Å². The minimum Gasteiger partial charge on any atom is -0.372 e. The average Bonchev–Trinajstić information content (AvgIpc) is 3.62. The van der Waals surface area contributed by atoms with Gasteiger partial charge in [0.05, 0.1) is 52.9 Å². The molecule has 4 aliphatic heterocycles.